The van der Waals surface area contributed by atoms with Crippen LogP contribution >= 0.6 is 22.7 Å². The third-order valence-electron chi connectivity index (χ3n) is 4.99. The first-order chi connectivity index (χ1) is 14.5. The molecule has 3 heterocycles. The zero-order chi connectivity index (χ0) is 21.1. The van der Waals surface area contributed by atoms with Crippen LogP contribution in [0.15, 0.2) is 66.0 Å². The van der Waals surface area contributed by atoms with Crippen LogP contribution in [0.4, 0.5) is 10.8 Å². The molecule has 0 fully saturated rings. The molecule has 4 aromatic rings. The summed E-state index contributed by atoms with van der Waals surface area (Å²) < 4.78 is 0. The maximum absolute atomic E-state index is 12.9. The van der Waals surface area contributed by atoms with Gasteiger partial charge in [0.15, 0.2) is 0 Å². The zero-order valence-electron chi connectivity index (χ0n) is 17.1. The van der Waals surface area contributed by atoms with E-state index in [0.717, 1.165) is 22.1 Å². The van der Waals surface area contributed by atoms with E-state index in [0.29, 0.717) is 5.56 Å². The first kappa shape index (κ1) is 20.3. The maximum atomic E-state index is 12.9. The number of hydrogen-bond donors (Lipinski definition) is 2. The van der Waals surface area contributed by atoms with Gasteiger partial charge in [-0.1, -0.05) is 30.3 Å². The van der Waals surface area contributed by atoms with Crippen molar-refractivity contribution in [2.75, 3.05) is 10.6 Å². The molecule has 0 aliphatic heterocycles. The highest BCUT2D eigenvalue weighted by molar-refractivity contribution is 7.16. The van der Waals surface area contributed by atoms with E-state index < -0.39 is 0 Å². The van der Waals surface area contributed by atoms with Gasteiger partial charge in [0.05, 0.1) is 6.04 Å². The molecule has 0 radical (unpaired) electrons. The number of aromatic nitrogens is 1. The number of nitrogens with zero attached hydrogens (tertiary/aromatic N) is 1. The average Bonchev–Trinajstić information content (AvgIpc) is 3.36. The summed E-state index contributed by atoms with van der Waals surface area (Å²) in [7, 11) is 0. The Morgan fingerprint density at radius 1 is 0.967 bits per heavy atom. The summed E-state index contributed by atoms with van der Waals surface area (Å²) in [6.45, 7) is 6.19. The van der Waals surface area contributed by atoms with Crippen molar-refractivity contribution >= 4 is 39.4 Å². The summed E-state index contributed by atoms with van der Waals surface area (Å²) in [6.07, 6.45) is 0. The van der Waals surface area contributed by atoms with Crippen molar-refractivity contribution in [3.8, 4) is 0 Å². The standard InChI is InChI=1S/C24H23N3OS2/c1-15-9-7-13-20(25-15)26-22(19-12-8-14-29-19)21-16(2)17(3)30-24(21)27-23(28)18-10-5-4-6-11-18/h4-14,22H,1-3H3,(H,25,26)(H,27,28)/t22-/m0/s1. The number of anilines is 2. The number of amides is 1. The van der Waals surface area contributed by atoms with Crippen LogP contribution in [0.2, 0.25) is 0 Å². The summed E-state index contributed by atoms with van der Waals surface area (Å²) in [4.78, 5) is 19.9. The second-order valence-corrected chi connectivity index (χ2v) is 9.31. The average molecular weight is 434 g/mol. The van der Waals surface area contributed by atoms with E-state index in [4.69, 9.17) is 0 Å². The summed E-state index contributed by atoms with van der Waals surface area (Å²) in [6, 6.07) is 19.3. The molecule has 0 spiro atoms. The molecule has 4 rings (SSSR count). The predicted octanol–water partition coefficient (Wildman–Crippen LogP) is 6.58. The lowest BCUT2D eigenvalue weighted by atomic mass is 10.0. The Hall–Kier alpha value is -2.96. The maximum Gasteiger partial charge on any atom is 0.256 e. The van der Waals surface area contributed by atoms with Crippen molar-refractivity contribution in [3.63, 3.8) is 0 Å². The molecule has 0 unspecified atom stereocenters. The van der Waals surface area contributed by atoms with Crippen LogP contribution < -0.4 is 10.6 Å². The van der Waals surface area contributed by atoms with Crippen molar-refractivity contribution in [1.29, 1.82) is 0 Å². The molecule has 1 amide bonds. The number of hydrogen-bond acceptors (Lipinski definition) is 5. The summed E-state index contributed by atoms with van der Waals surface area (Å²) in [5.41, 5.74) is 3.88. The summed E-state index contributed by atoms with van der Waals surface area (Å²) in [5, 5.41) is 9.70. The van der Waals surface area contributed by atoms with E-state index in [1.165, 1.54) is 15.3 Å². The van der Waals surface area contributed by atoms with Gasteiger partial charge < -0.3 is 10.6 Å². The van der Waals surface area contributed by atoms with Crippen molar-refractivity contribution in [3.05, 3.63) is 98.2 Å². The Labute approximate surface area is 184 Å². The first-order valence-corrected chi connectivity index (χ1v) is 11.4. The molecule has 0 aliphatic carbocycles. The van der Waals surface area contributed by atoms with Gasteiger partial charge in [-0.3, -0.25) is 4.79 Å². The molecular formula is C24H23N3OS2. The van der Waals surface area contributed by atoms with Gasteiger partial charge in [-0.25, -0.2) is 4.98 Å². The van der Waals surface area contributed by atoms with E-state index in [-0.39, 0.29) is 11.9 Å². The topological polar surface area (TPSA) is 54.0 Å². The third-order valence-corrected chi connectivity index (χ3v) is 7.07. The fourth-order valence-electron chi connectivity index (χ4n) is 3.36. The number of pyridine rings is 1. The smallest absolute Gasteiger partial charge is 0.256 e. The van der Waals surface area contributed by atoms with E-state index >= 15 is 0 Å². The van der Waals surface area contributed by atoms with Crippen molar-refractivity contribution in [2.45, 2.75) is 26.8 Å². The second kappa shape index (κ2) is 8.81. The van der Waals surface area contributed by atoms with Crippen LogP contribution in [0.1, 0.15) is 43.0 Å². The molecule has 6 heteroatoms. The number of nitrogens with one attached hydrogen (secondary N) is 2. The van der Waals surface area contributed by atoms with Gasteiger partial charge in [-0.15, -0.1) is 22.7 Å². The summed E-state index contributed by atoms with van der Waals surface area (Å²) in [5.74, 6) is 0.716. The number of rotatable bonds is 6. The van der Waals surface area contributed by atoms with Crippen LogP contribution in [-0.4, -0.2) is 10.9 Å². The van der Waals surface area contributed by atoms with Crippen LogP contribution in [0.3, 0.4) is 0 Å². The minimum Gasteiger partial charge on any atom is -0.358 e. The van der Waals surface area contributed by atoms with E-state index in [2.05, 4.69) is 47.0 Å². The number of benzene rings is 1. The lowest BCUT2D eigenvalue weighted by molar-refractivity contribution is 0.102. The van der Waals surface area contributed by atoms with Crippen LogP contribution in [-0.2, 0) is 0 Å². The van der Waals surface area contributed by atoms with E-state index in [1.54, 1.807) is 22.7 Å². The minimum atomic E-state index is -0.102. The Morgan fingerprint density at radius 2 is 1.77 bits per heavy atom. The fraction of sp³-hybridized carbons (Fsp3) is 0.167. The largest absolute Gasteiger partial charge is 0.358 e. The second-order valence-electron chi connectivity index (χ2n) is 7.10. The minimum absolute atomic E-state index is 0.100. The molecular weight excluding hydrogens is 410 g/mol. The molecule has 1 atom stereocenters. The molecule has 2 N–H and O–H groups in total. The molecule has 152 valence electrons. The van der Waals surface area contributed by atoms with E-state index in [9.17, 15) is 4.79 Å². The van der Waals surface area contributed by atoms with E-state index in [1.807, 2.05) is 55.5 Å². The molecule has 0 bridgehead atoms. The zero-order valence-corrected chi connectivity index (χ0v) is 18.7. The molecule has 0 saturated carbocycles. The Morgan fingerprint density at radius 3 is 2.47 bits per heavy atom. The van der Waals surface area contributed by atoms with Gasteiger partial charge >= 0.3 is 0 Å². The van der Waals surface area contributed by atoms with Gasteiger partial charge in [0.2, 0.25) is 0 Å². The molecule has 0 saturated heterocycles. The Balaban J connectivity index is 1.74. The Bertz CT molecular complexity index is 1150. The van der Waals surface area contributed by atoms with Crippen LogP contribution in [0.5, 0.6) is 0 Å². The normalized spacial score (nSPS) is 11.8. The SMILES string of the molecule is Cc1cccc(N[C@@H](c2cccs2)c2c(NC(=O)c3ccccc3)sc(C)c2C)n1. The van der Waals surface area contributed by atoms with Gasteiger partial charge in [-0.05, 0) is 62.0 Å². The molecule has 3 aromatic heterocycles. The monoisotopic (exact) mass is 433 g/mol. The quantitative estimate of drug-likeness (QED) is 0.361. The first-order valence-electron chi connectivity index (χ1n) is 9.73. The number of aryl methyl sites for hydroxylation is 2. The Kier molecular flexibility index (Phi) is 5.97. The van der Waals surface area contributed by atoms with Crippen molar-refractivity contribution in [2.24, 2.45) is 0 Å². The van der Waals surface area contributed by atoms with Gasteiger partial charge in [-0.2, -0.15) is 0 Å². The highest BCUT2D eigenvalue weighted by Crippen LogP contribution is 2.42. The highest BCUT2D eigenvalue weighted by Gasteiger charge is 2.25. The van der Waals surface area contributed by atoms with Crippen LogP contribution in [0, 0.1) is 20.8 Å². The van der Waals surface area contributed by atoms with Crippen molar-refractivity contribution < 1.29 is 4.79 Å². The molecule has 1 aromatic carbocycles. The highest BCUT2D eigenvalue weighted by atomic mass is 32.1. The lowest BCUT2D eigenvalue weighted by Crippen LogP contribution is -2.17. The predicted molar refractivity (Wildman–Crippen MR) is 127 cm³/mol. The molecule has 30 heavy (non-hydrogen) atoms. The number of carbonyl (C=O) groups excluding carboxylic acids is 1. The summed E-state index contributed by atoms with van der Waals surface area (Å²) >= 11 is 3.31. The number of carbonyl (C=O) groups is 1. The molecule has 0 aliphatic rings. The fourth-order valence-corrected chi connectivity index (χ4v) is 5.24. The van der Waals surface area contributed by atoms with Crippen LogP contribution in [0.25, 0.3) is 0 Å². The molecule has 4 nitrogen and oxygen atoms in total. The van der Waals surface area contributed by atoms with Gasteiger partial charge in [0.1, 0.15) is 10.8 Å². The van der Waals surface area contributed by atoms with Crippen molar-refractivity contribution in [1.82, 2.24) is 4.98 Å². The number of thiophene rings is 2. The third kappa shape index (κ3) is 4.30. The van der Waals surface area contributed by atoms with Gasteiger partial charge in [0.25, 0.3) is 5.91 Å². The van der Waals surface area contributed by atoms with Gasteiger partial charge in [0, 0.05) is 26.6 Å². The lowest BCUT2D eigenvalue weighted by Gasteiger charge is -2.21.